The minimum atomic E-state index is -0.0872. The number of aromatic nitrogens is 3. The molecule has 1 saturated heterocycles. The quantitative estimate of drug-likeness (QED) is 0.455. The minimum Gasteiger partial charge on any atom is -0.486 e. The number of ether oxygens (including phenoxy) is 2. The predicted molar refractivity (Wildman–Crippen MR) is 141 cm³/mol. The topological polar surface area (TPSA) is 81.5 Å². The van der Waals surface area contributed by atoms with Crippen LogP contribution in [-0.2, 0) is 0 Å². The zero-order valence-corrected chi connectivity index (χ0v) is 21.6. The van der Waals surface area contributed by atoms with Gasteiger partial charge in [-0.3, -0.25) is 4.79 Å². The van der Waals surface area contributed by atoms with Crippen molar-refractivity contribution in [3.05, 3.63) is 36.0 Å². The summed E-state index contributed by atoms with van der Waals surface area (Å²) in [7, 11) is 0. The van der Waals surface area contributed by atoms with E-state index in [1.165, 1.54) is 25.8 Å². The molecular weight excluding hydrogens is 454 g/mol. The Morgan fingerprint density at radius 3 is 2.78 bits per heavy atom. The first kappa shape index (κ1) is 24.6. The van der Waals surface area contributed by atoms with Crippen LogP contribution in [0, 0.1) is 0 Å². The third-order valence-corrected chi connectivity index (χ3v) is 7.24. The van der Waals surface area contributed by atoms with Crippen molar-refractivity contribution in [2.75, 3.05) is 32.8 Å². The van der Waals surface area contributed by atoms with Gasteiger partial charge in [-0.05, 0) is 83.8 Å². The lowest BCUT2D eigenvalue weighted by molar-refractivity contribution is 0.0953. The lowest BCUT2D eigenvalue weighted by Gasteiger charge is -2.33. The van der Waals surface area contributed by atoms with E-state index in [1.54, 1.807) is 6.20 Å². The van der Waals surface area contributed by atoms with Crippen LogP contribution in [0.2, 0.25) is 0 Å². The molecule has 192 valence electrons. The molecule has 0 saturated carbocycles. The van der Waals surface area contributed by atoms with Crippen LogP contribution < -0.4 is 14.8 Å². The van der Waals surface area contributed by atoms with Gasteiger partial charge in [0.1, 0.15) is 13.2 Å². The molecule has 1 unspecified atom stereocenters. The van der Waals surface area contributed by atoms with Crippen LogP contribution in [0.4, 0.5) is 0 Å². The number of nitrogens with zero attached hydrogens (tertiary/aromatic N) is 4. The molecule has 0 radical (unpaired) electrons. The molecule has 4 heterocycles. The van der Waals surface area contributed by atoms with Crippen molar-refractivity contribution < 1.29 is 14.3 Å². The molecule has 3 aromatic rings. The summed E-state index contributed by atoms with van der Waals surface area (Å²) in [6, 6.07) is 8.46. The van der Waals surface area contributed by atoms with Gasteiger partial charge >= 0.3 is 0 Å². The number of carbonyl (C=O) groups excluding carboxylic acids is 1. The van der Waals surface area contributed by atoms with Crippen molar-refractivity contribution in [2.24, 2.45) is 0 Å². The van der Waals surface area contributed by atoms with Gasteiger partial charge in [0.2, 0.25) is 0 Å². The molecule has 1 amide bonds. The third kappa shape index (κ3) is 5.19. The zero-order chi connectivity index (χ0) is 25.1. The molecule has 2 aliphatic heterocycles. The molecule has 8 heteroatoms. The van der Waals surface area contributed by atoms with Crippen LogP contribution >= 0.6 is 0 Å². The van der Waals surface area contributed by atoms with Crippen molar-refractivity contribution in [3.8, 4) is 22.8 Å². The lowest BCUT2D eigenvalue weighted by atomic mass is 10.0. The zero-order valence-electron chi connectivity index (χ0n) is 21.6. The van der Waals surface area contributed by atoms with E-state index < -0.39 is 0 Å². The predicted octanol–water partition coefficient (Wildman–Crippen LogP) is 4.83. The van der Waals surface area contributed by atoms with Gasteiger partial charge in [-0.15, -0.1) is 0 Å². The maximum Gasteiger partial charge on any atom is 0.252 e. The van der Waals surface area contributed by atoms with E-state index in [9.17, 15) is 4.79 Å². The van der Waals surface area contributed by atoms with Crippen molar-refractivity contribution in [2.45, 2.75) is 65.0 Å². The number of fused-ring (bicyclic) bond motifs is 2. The monoisotopic (exact) mass is 491 g/mol. The summed E-state index contributed by atoms with van der Waals surface area (Å²) >= 11 is 0. The van der Waals surface area contributed by atoms with Crippen molar-refractivity contribution in [1.29, 1.82) is 0 Å². The number of hydrogen-bond acceptors (Lipinski definition) is 6. The molecule has 0 aliphatic carbocycles. The maximum absolute atomic E-state index is 13.3. The van der Waals surface area contributed by atoms with E-state index in [0.717, 1.165) is 36.1 Å². The molecule has 1 aromatic carbocycles. The Hall–Kier alpha value is -3.13. The lowest BCUT2D eigenvalue weighted by Crippen LogP contribution is -2.38. The van der Waals surface area contributed by atoms with Crippen molar-refractivity contribution in [3.63, 3.8) is 0 Å². The van der Waals surface area contributed by atoms with Crippen LogP contribution in [-0.4, -0.2) is 64.5 Å². The summed E-state index contributed by atoms with van der Waals surface area (Å²) in [5.41, 5.74) is 2.90. The second-order valence-corrected chi connectivity index (χ2v) is 10.2. The highest BCUT2D eigenvalue weighted by Gasteiger charge is 2.21. The number of piperidine rings is 1. The molecular formula is C28H37N5O3. The molecule has 1 N–H and O–H groups in total. The first-order valence-corrected chi connectivity index (χ1v) is 13.3. The van der Waals surface area contributed by atoms with Crippen LogP contribution in [0.15, 0.2) is 30.5 Å². The van der Waals surface area contributed by atoms with E-state index in [2.05, 4.69) is 36.1 Å². The fourth-order valence-corrected chi connectivity index (χ4v) is 5.16. The molecule has 36 heavy (non-hydrogen) atoms. The largest absolute Gasteiger partial charge is 0.486 e. The number of pyridine rings is 1. The van der Waals surface area contributed by atoms with Gasteiger partial charge in [0, 0.05) is 24.2 Å². The Bertz CT molecular complexity index is 1220. The van der Waals surface area contributed by atoms with Crippen LogP contribution in [0.3, 0.4) is 0 Å². The summed E-state index contributed by atoms with van der Waals surface area (Å²) in [5.74, 6) is 1.35. The fraction of sp³-hybridized carbons (Fsp3) is 0.536. The second-order valence-electron chi connectivity index (χ2n) is 10.2. The Balaban J connectivity index is 1.34. The van der Waals surface area contributed by atoms with Crippen LogP contribution in [0.5, 0.6) is 11.5 Å². The molecule has 1 atom stereocenters. The molecule has 0 bridgehead atoms. The normalized spacial score (nSPS) is 18.1. The number of rotatable bonds is 8. The van der Waals surface area contributed by atoms with Gasteiger partial charge in [-0.1, -0.05) is 6.42 Å². The SMILES string of the molecule is CC1CCCCN1CCCCNC(=O)c1cc(-c2ccc3c(c2)OCCO3)nc2c1cnn2C(C)C. The van der Waals surface area contributed by atoms with E-state index in [-0.39, 0.29) is 11.9 Å². The van der Waals surface area contributed by atoms with E-state index in [1.807, 2.05) is 28.9 Å². The molecule has 0 spiro atoms. The first-order valence-electron chi connectivity index (χ1n) is 13.3. The van der Waals surface area contributed by atoms with E-state index in [0.29, 0.717) is 48.5 Å². The standard InChI is InChI=1S/C28H37N5O3/c1-19(2)33-27-23(18-30-33)22(28(34)29-11-5-7-13-32-12-6-4-8-20(32)3)17-24(31-27)21-9-10-25-26(16-21)36-15-14-35-25/h9-10,16-20H,4-8,11-15H2,1-3H3,(H,29,34). The van der Waals surface area contributed by atoms with E-state index >= 15 is 0 Å². The van der Waals surface area contributed by atoms with Gasteiger partial charge in [0.25, 0.3) is 5.91 Å². The van der Waals surface area contributed by atoms with Gasteiger partial charge in [-0.2, -0.15) is 5.10 Å². The van der Waals surface area contributed by atoms with Gasteiger partial charge in [0.15, 0.2) is 17.1 Å². The summed E-state index contributed by atoms with van der Waals surface area (Å²) in [6.45, 7) is 10.5. The number of carbonyl (C=O) groups is 1. The maximum atomic E-state index is 13.3. The molecule has 2 aromatic heterocycles. The summed E-state index contributed by atoms with van der Waals surface area (Å²) in [5, 5.41) is 8.44. The van der Waals surface area contributed by atoms with Gasteiger partial charge in [-0.25, -0.2) is 9.67 Å². The molecule has 5 rings (SSSR count). The highest BCUT2D eigenvalue weighted by atomic mass is 16.6. The van der Waals surface area contributed by atoms with Crippen LogP contribution in [0.1, 0.15) is 69.3 Å². The fourth-order valence-electron chi connectivity index (χ4n) is 5.16. The number of hydrogen-bond donors (Lipinski definition) is 1. The third-order valence-electron chi connectivity index (χ3n) is 7.24. The smallest absolute Gasteiger partial charge is 0.252 e. The number of unbranched alkanes of at least 4 members (excludes halogenated alkanes) is 1. The number of nitrogens with one attached hydrogen (secondary N) is 1. The average molecular weight is 492 g/mol. The summed E-state index contributed by atoms with van der Waals surface area (Å²) < 4.78 is 13.3. The number of benzene rings is 1. The van der Waals surface area contributed by atoms with Gasteiger partial charge in [0.05, 0.1) is 22.8 Å². The summed E-state index contributed by atoms with van der Waals surface area (Å²) in [6.07, 6.45) is 7.74. The number of likely N-dealkylation sites (tertiary alicyclic amines) is 1. The highest BCUT2D eigenvalue weighted by Crippen LogP contribution is 2.35. The van der Waals surface area contributed by atoms with Gasteiger partial charge < -0.3 is 19.7 Å². The first-order chi connectivity index (χ1) is 17.5. The Labute approximate surface area is 213 Å². The highest BCUT2D eigenvalue weighted by molar-refractivity contribution is 6.06. The average Bonchev–Trinajstić information content (AvgIpc) is 3.33. The Kier molecular flexibility index (Phi) is 7.41. The molecule has 1 fully saturated rings. The minimum absolute atomic E-state index is 0.0872. The van der Waals surface area contributed by atoms with Crippen LogP contribution in [0.25, 0.3) is 22.3 Å². The molecule has 2 aliphatic rings. The Morgan fingerprint density at radius 2 is 1.97 bits per heavy atom. The second kappa shape index (κ2) is 10.9. The van der Waals surface area contributed by atoms with E-state index in [4.69, 9.17) is 14.5 Å². The number of amides is 1. The summed E-state index contributed by atoms with van der Waals surface area (Å²) in [4.78, 5) is 20.8. The molecule has 8 nitrogen and oxygen atoms in total. The van der Waals surface area contributed by atoms with Crippen molar-refractivity contribution in [1.82, 2.24) is 25.0 Å². The Morgan fingerprint density at radius 1 is 1.14 bits per heavy atom. The van der Waals surface area contributed by atoms with Crippen molar-refractivity contribution >= 4 is 16.9 Å².